The number of hydrogen-bond acceptors (Lipinski definition) is 3. The second-order valence-corrected chi connectivity index (χ2v) is 5.33. The van der Waals surface area contributed by atoms with E-state index in [2.05, 4.69) is 5.32 Å². The molecular weight excluding hydrogens is 258 g/mol. The largest absolute Gasteiger partial charge is 0.504 e. The molecule has 0 unspecified atom stereocenters. The summed E-state index contributed by atoms with van der Waals surface area (Å²) in [6, 6.07) is 5.76. The zero-order valence-electron chi connectivity index (χ0n) is 11.3. The maximum atomic E-state index is 9.68. The van der Waals surface area contributed by atoms with E-state index in [4.69, 9.17) is 17.0 Å². The minimum Gasteiger partial charge on any atom is -0.504 e. The summed E-state index contributed by atoms with van der Waals surface area (Å²) < 4.78 is 5.38. The molecule has 1 aromatic carbocycles. The van der Waals surface area contributed by atoms with Crippen molar-refractivity contribution in [1.29, 1.82) is 0 Å². The molecule has 1 aliphatic rings. The normalized spacial score (nSPS) is 16.1. The van der Waals surface area contributed by atoms with Crippen LogP contribution in [0.15, 0.2) is 18.2 Å². The van der Waals surface area contributed by atoms with E-state index in [1.165, 1.54) is 32.1 Å². The Morgan fingerprint density at radius 3 is 2.79 bits per heavy atom. The first-order chi connectivity index (χ1) is 9.20. The summed E-state index contributed by atoms with van der Waals surface area (Å²) >= 11 is 5.44. The smallest absolute Gasteiger partial charge is 0.161 e. The molecular formula is C15H21NO2S. The van der Waals surface area contributed by atoms with Crippen molar-refractivity contribution in [2.75, 3.05) is 6.61 Å². The Bertz CT molecular complexity index is 442. The quantitative estimate of drug-likeness (QED) is 0.829. The van der Waals surface area contributed by atoms with Crippen LogP contribution >= 0.6 is 12.2 Å². The molecule has 0 heterocycles. The van der Waals surface area contributed by atoms with Crippen LogP contribution in [0, 0.1) is 0 Å². The number of nitrogens with one attached hydrogen (secondary N) is 1. The summed E-state index contributed by atoms with van der Waals surface area (Å²) in [6.07, 6.45) is 6.27. The van der Waals surface area contributed by atoms with E-state index in [0.29, 0.717) is 18.4 Å². The van der Waals surface area contributed by atoms with Crippen LogP contribution < -0.4 is 10.1 Å². The molecule has 0 amide bonds. The third-order valence-corrected chi connectivity index (χ3v) is 3.82. The highest BCUT2D eigenvalue weighted by atomic mass is 32.1. The number of thiocarbonyl (C=S) groups is 1. The van der Waals surface area contributed by atoms with Crippen LogP contribution in [0.3, 0.4) is 0 Å². The van der Waals surface area contributed by atoms with Crippen LogP contribution in [0.5, 0.6) is 11.5 Å². The van der Waals surface area contributed by atoms with Gasteiger partial charge >= 0.3 is 0 Å². The number of hydrogen-bond donors (Lipinski definition) is 2. The summed E-state index contributed by atoms with van der Waals surface area (Å²) in [7, 11) is 0. The van der Waals surface area contributed by atoms with Gasteiger partial charge in [-0.05, 0) is 38.0 Å². The molecule has 0 bridgehead atoms. The fourth-order valence-electron chi connectivity index (χ4n) is 2.44. The van der Waals surface area contributed by atoms with E-state index in [1.807, 2.05) is 13.0 Å². The van der Waals surface area contributed by atoms with E-state index in [9.17, 15) is 5.11 Å². The highest BCUT2D eigenvalue weighted by Crippen LogP contribution is 2.27. The van der Waals surface area contributed by atoms with Gasteiger partial charge in [0.1, 0.15) is 4.99 Å². The Balaban J connectivity index is 2.03. The first kappa shape index (κ1) is 14.1. The van der Waals surface area contributed by atoms with E-state index in [0.717, 1.165) is 10.6 Å². The van der Waals surface area contributed by atoms with E-state index in [-0.39, 0.29) is 5.75 Å². The lowest BCUT2D eigenvalue weighted by molar-refractivity contribution is 0.318. The van der Waals surface area contributed by atoms with E-state index in [1.54, 1.807) is 12.1 Å². The van der Waals surface area contributed by atoms with Gasteiger partial charge in [0.05, 0.1) is 6.61 Å². The standard InChI is InChI=1S/C15H21NO2S/c1-2-18-14-10-11(8-9-13(14)17)15(19)16-12-6-4-3-5-7-12/h8-10,12,17H,2-7H2,1H3,(H,16,19). The minimum atomic E-state index is 0.158. The number of rotatable bonds is 4. The summed E-state index contributed by atoms with van der Waals surface area (Å²) in [5, 5.41) is 13.1. The molecule has 1 aliphatic carbocycles. The van der Waals surface area contributed by atoms with Crippen LogP contribution in [0.4, 0.5) is 0 Å². The van der Waals surface area contributed by atoms with Gasteiger partial charge in [-0.3, -0.25) is 0 Å². The molecule has 3 nitrogen and oxygen atoms in total. The summed E-state index contributed by atoms with van der Waals surface area (Å²) in [5.41, 5.74) is 0.904. The van der Waals surface area contributed by atoms with E-state index < -0.39 is 0 Å². The Morgan fingerprint density at radius 2 is 2.11 bits per heavy atom. The molecule has 4 heteroatoms. The van der Waals surface area contributed by atoms with Crippen LogP contribution in [0.2, 0.25) is 0 Å². The third-order valence-electron chi connectivity index (χ3n) is 3.46. The number of phenolic OH excluding ortho intramolecular Hbond substituents is 1. The second-order valence-electron chi connectivity index (χ2n) is 4.92. The van der Waals surface area contributed by atoms with Gasteiger partial charge in [0.2, 0.25) is 0 Å². The van der Waals surface area contributed by atoms with Gasteiger partial charge in [-0.15, -0.1) is 0 Å². The van der Waals surface area contributed by atoms with Gasteiger partial charge in [-0.25, -0.2) is 0 Å². The summed E-state index contributed by atoms with van der Waals surface area (Å²) in [5.74, 6) is 0.652. The fraction of sp³-hybridized carbons (Fsp3) is 0.533. The lowest BCUT2D eigenvalue weighted by Gasteiger charge is -2.24. The Kier molecular flexibility index (Phi) is 5.02. The minimum absolute atomic E-state index is 0.158. The average Bonchev–Trinajstić information content (AvgIpc) is 2.42. The first-order valence-electron chi connectivity index (χ1n) is 6.97. The van der Waals surface area contributed by atoms with Crippen molar-refractivity contribution in [2.24, 2.45) is 0 Å². The second kappa shape index (κ2) is 6.75. The Hall–Kier alpha value is -1.29. The first-order valence-corrected chi connectivity index (χ1v) is 7.38. The van der Waals surface area contributed by atoms with Crippen LogP contribution in [0.25, 0.3) is 0 Å². The molecule has 1 fully saturated rings. The predicted octanol–water partition coefficient (Wildman–Crippen LogP) is 3.39. The highest BCUT2D eigenvalue weighted by Gasteiger charge is 2.15. The number of aromatic hydroxyl groups is 1. The molecule has 0 saturated heterocycles. The molecule has 0 aliphatic heterocycles. The molecule has 1 saturated carbocycles. The molecule has 104 valence electrons. The molecule has 0 radical (unpaired) electrons. The fourth-order valence-corrected chi connectivity index (χ4v) is 2.74. The molecule has 2 N–H and O–H groups in total. The molecule has 2 rings (SSSR count). The van der Waals surface area contributed by atoms with Gasteiger partial charge in [0.15, 0.2) is 11.5 Å². The summed E-state index contributed by atoms with van der Waals surface area (Å²) in [4.78, 5) is 0.743. The van der Waals surface area contributed by atoms with Crippen molar-refractivity contribution >= 4 is 17.2 Å². The van der Waals surface area contributed by atoms with Crippen molar-refractivity contribution in [3.63, 3.8) is 0 Å². The summed E-state index contributed by atoms with van der Waals surface area (Å²) in [6.45, 7) is 2.42. The average molecular weight is 279 g/mol. The van der Waals surface area contributed by atoms with Crippen molar-refractivity contribution < 1.29 is 9.84 Å². The Morgan fingerprint density at radius 1 is 1.37 bits per heavy atom. The van der Waals surface area contributed by atoms with Crippen molar-refractivity contribution in [1.82, 2.24) is 5.32 Å². The van der Waals surface area contributed by atoms with Crippen molar-refractivity contribution in [3.8, 4) is 11.5 Å². The van der Waals surface area contributed by atoms with Gasteiger partial charge in [-0.2, -0.15) is 0 Å². The monoisotopic (exact) mass is 279 g/mol. The maximum Gasteiger partial charge on any atom is 0.161 e. The molecule has 0 spiro atoms. The zero-order chi connectivity index (χ0) is 13.7. The maximum absolute atomic E-state index is 9.68. The SMILES string of the molecule is CCOc1cc(C(=S)NC2CCCCC2)ccc1O. The van der Waals surface area contributed by atoms with Crippen LogP contribution in [0.1, 0.15) is 44.6 Å². The predicted molar refractivity (Wildman–Crippen MR) is 81.0 cm³/mol. The molecule has 19 heavy (non-hydrogen) atoms. The number of benzene rings is 1. The van der Waals surface area contributed by atoms with Gasteiger partial charge in [0.25, 0.3) is 0 Å². The topological polar surface area (TPSA) is 41.5 Å². The lowest BCUT2D eigenvalue weighted by atomic mass is 9.95. The van der Waals surface area contributed by atoms with Crippen LogP contribution in [-0.2, 0) is 0 Å². The zero-order valence-corrected chi connectivity index (χ0v) is 12.1. The Labute approximate surface area is 120 Å². The molecule has 0 atom stereocenters. The van der Waals surface area contributed by atoms with Gasteiger partial charge < -0.3 is 15.2 Å². The van der Waals surface area contributed by atoms with Gasteiger partial charge in [0, 0.05) is 11.6 Å². The van der Waals surface area contributed by atoms with Crippen molar-refractivity contribution in [2.45, 2.75) is 45.1 Å². The highest BCUT2D eigenvalue weighted by molar-refractivity contribution is 7.80. The lowest BCUT2D eigenvalue weighted by Crippen LogP contribution is -2.35. The van der Waals surface area contributed by atoms with Gasteiger partial charge in [-0.1, -0.05) is 31.5 Å². The molecule has 0 aromatic heterocycles. The number of ether oxygens (including phenoxy) is 1. The molecule has 1 aromatic rings. The number of phenols is 1. The van der Waals surface area contributed by atoms with E-state index >= 15 is 0 Å². The van der Waals surface area contributed by atoms with Crippen molar-refractivity contribution in [3.05, 3.63) is 23.8 Å². The van der Waals surface area contributed by atoms with Crippen LogP contribution in [-0.4, -0.2) is 22.7 Å². The third kappa shape index (κ3) is 3.83.